The molecule has 0 atom stereocenters. The van der Waals surface area contributed by atoms with Crippen LogP contribution >= 0.6 is 22.7 Å². The lowest BCUT2D eigenvalue weighted by Crippen LogP contribution is -2.16. The second-order valence-electron chi connectivity index (χ2n) is 14.9. The standard InChI is InChI=1S/C51H35NS2/c1-51(2)43-20-10-9-17-39(43)40-26-23-36(31-44(40)51)52(34-24-27-45-41(29-34)49-37(18-11-21-47(49)53-45)32-13-5-3-6-14-32)35-25-28-46-42(30-35)50-38(19-12-22-48(50)54-46)33-15-7-4-8-16-33/h3-31H,1-2H3. The summed E-state index contributed by atoms with van der Waals surface area (Å²) >= 11 is 3.76. The summed E-state index contributed by atoms with van der Waals surface area (Å²) in [5, 5.41) is 5.23. The van der Waals surface area contributed by atoms with E-state index in [9.17, 15) is 0 Å². The normalized spacial score (nSPS) is 13.1. The number of hydrogen-bond acceptors (Lipinski definition) is 3. The summed E-state index contributed by atoms with van der Waals surface area (Å²) in [4.78, 5) is 2.49. The van der Waals surface area contributed by atoms with Gasteiger partial charge in [-0.15, -0.1) is 22.7 Å². The molecule has 1 nitrogen and oxygen atoms in total. The summed E-state index contributed by atoms with van der Waals surface area (Å²) in [6.45, 7) is 4.74. The van der Waals surface area contributed by atoms with Crippen molar-refractivity contribution in [2.45, 2.75) is 19.3 Å². The molecule has 0 unspecified atom stereocenters. The van der Waals surface area contributed by atoms with Gasteiger partial charge in [0.25, 0.3) is 0 Å². The molecule has 0 saturated heterocycles. The first-order valence-corrected chi connectivity index (χ1v) is 20.2. The Bertz CT molecular complexity index is 2920. The zero-order valence-electron chi connectivity index (χ0n) is 30.0. The van der Waals surface area contributed by atoms with E-state index in [1.807, 2.05) is 22.7 Å². The molecule has 8 aromatic carbocycles. The van der Waals surface area contributed by atoms with E-state index in [1.54, 1.807) is 0 Å². The highest BCUT2D eigenvalue weighted by Crippen LogP contribution is 2.52. The lowest BCUT2D eigenvalue weighted by molar-refractivity contribution is 0.660. The third-order valence-electron chi connectivity index (χ3n) is 11.5. The van der Waals surface area contributed by atoms with Crippen molar-refractivity contribution in [1.29, 1.82) is 0 Å². The maximum absolute atomic E-state index is 2.49. The minimum atomic E-state index is -0.107. The van der Waals surface area contributed by atoms with Crippen LogP contribution in [0.2, 0.25) is 0 Å². The second kappa shape index (κ2) is 12.0. The topological polar surface area (TPSA) is 3.24 Å². The van der Waals surface area contributed by atoms with Gasteiger partial charge in [0.1, 0.15) is 0 Å². The number of nitrogens with zero attached hydrogens (tertiary/aromatic N) is 1. The predicted octanol–water partition coefficient (Wildman–Crippen LogP) is 15.5. The lowest BCUT2D eigenvalue weighted by atomic mass is 9.82. The van der Waals surface area contributed by atoms with Gasteiger partial charge < -0.3 is 4.90 Å². The molecule has 10 aromatic rings. The molecule has 1 aliphatic carbocycles. The maximum Gasteiger partial charge on any atom is 0.0468 e. The van der Waals surface area contributed by atoms with Crippen LogP contribution < -0.4 is 4.90 Å². The smallest absolute Gasteiger partial charge is 0.0468 e. The van der Waals surface area contributed by atoms with Gasteiger partial charge in [-0.1, -0.05) is 129 Å². The van der Waals surface area contributed by atoms with Crippen LogP contribution in [0.15, 0.2) is 176 Å². The molecule has 0 saturated carbocycles. The summed E-state index contributed by atoms with van der Waals surface area (Å²) in [5.74, 6) is 0. The lowest BCUT2D eigenvalue weighted by Gasteiger charge is -2.28. The summed E-state index contributed by atoms with van der Waals surface area (Å²) in [6.07, 6.45) is 0. The van der Waals surface area contributed by atoms with E-state index < -0.39 is 0 Å². The zero-order valence-corrected chi connectivity index (χ0v) is 31.6. The zero-order chi connectivity index (χ0) is 36.0. The fourth-order valence-electron chi connectivity index (χ4n) is 8.90. The fraction of sp³-hybridized carbons (Fsp3) is 0.0588. The minimum absolute atomic E-state index is 0.107. The molecule has 3 heteroatoms. The van der Waals surface area contributed by atoms with Crippen LogP contribution in [-0.2, 0) is 5.41 Å². The molecule has 0 amide bonds. The Hall–Kier alpha value is -6.00. The number of anilines is 3. The highest BCUT2D eigenvalue weighted by Gasteiger charge is 2.35. The molecule has 0 fully saturated rings. The molecular weight excluding hydrogens is 691 g/mol. The Labute approximate surface area is 323 Å². The van der Waals surface area contributed by atoms with Gasteiger partial charge in [-0.25, -0.2) is 0 Å². The van der Waals surface area contributed by atoms with Gasteiger partial charge >= 0.3 is 0 Å². The van der Waals surface area contributed by atoms with Crippen LogP contribution in [0.5, 0.6) is 0 Å². The van der Waals surface area contributed by atoms with E-state index in [-0.39, 0.29) is 5.41 Å². The van der Waals surface area contributed by atoms with Crippen LogP contribution in [0, 0.1) is 0 Å². The van der Waals surface area contributed by atoms with Crippen molar-refractivity contribution in [3.05, 3.63) is 187 Å². The van der Waals surface area contributed by atoms with Crippen molar-refractivity contribution in [3.63, 3.8) is 0 Å². The summed E-state index contributed by atoms with van der Waals surface area (Å²) in [5.41, 5.74) is 13.8. The Balaban J connectivity index is 1.17. The SMILES string of the molecule is CC1(C)c2ccccc2-c2ccc(N(c3ccc4sc5cccc(-c6ccccc6)c5c4c3)c3ccc4sc5cccc(-c6ccccc6)c5c4c3)cc21. The molecule has 2 heterocycles. The first kappa shape index (κ1) is 31.5. The van der Waals surface area contributed by atoms with Gasteiger partial charge in [0, 0.05) is 62.8 Å². The average molecular weight is 726 g/mol. The summed E-state index contributed by atoms with van der Waals surface area (Å²) in [7, 11) is 0. The van der Waals surface area contributed by atoms with Crippen molar-refractivity contribution < 1.29 is 0 Å². The Morgan fingerprint density at radius 3 is 1.41 bits per heavy atom. The van der Waals surface area contributed by atoms with Gasteiger partial charge in [-0.05, 0) is 105 Å². The molecule has 0 bridgehead atoms. The fourth-order valence-corrected chi connectivity index (χ4v) is 11.1. The number of fused-ring (bicyclic) bond motifs is 9. The largest absolute Gasteiger partial charge is 0.310 e. The van der Waals surface area contributed by atoms with E-state index in [2.05, 4.69) is 195 Å². The number of hydrogen-bond donors (Lipinski definition) is 0. The molecule has 0 aliphatic heterocycles. The van der Waals surface area contributed by atoms with Crippen molar-refractivity contribution in [1.82, 2.24) is 0 Å². The van der Waals surface area contributed by atoms with Crippen LogP contribution in [0.4, 0.5) is 17.1 Å². The van der Waals surface area contributed by atoms with E-state index in [4.69, 9.17) is 0 Å². The first-order valence-electron chi connectivity index (χ1n) is 18.6. The second-order valence-corrected chi connectivity index (χ2v) is 17.1. The Kier molecular flexibility index (Phi) is 7.01. The summed E-state index contributed by atoms with van der Waals surface area (Å²) < 4.78 is 5.22. The molecular formula is C51H35NS2. The van der Waals surface area contributed by atoms with Crippen molar-refractivity contribution in [2.75, 3.05) is 4.90 Å². The van der Waals surface area contributed by atoms with Gasteiger partial charge in [-0.2, -0.15) is 0 Å². The van der Waals surface area contributed by atoms with E-state index in [0.29, 0.717) is 0 Å². The minimum Gasteiger partial charge on any atom is -0.310 e. The van der Waals surface area contributed by atoms with Crippen molar-refractivity contribution >= 4 is 80.1 Å². The van der Waals surface area contributed by atoms with E-state index in [1.165, 1.54) is 90.5 Å². The predicted molar refractivity (Wildman–Crippen MR) is 235 cm³/mol. The van der Waals surface area contributed by atoms with Crippen molar-refractivity contribution in [3.8, 4) is 33.4 Å². The monoisotopic (exact) mass is 725 g/mol. The third kappa shape index (κ3) is 4.75. The van der Waals surface area contributed by atoms with Crippen LogP contribution in [0.25, 0.3) is 73.7 Å². The molecule has 1 aliphatic rings. The first-order chi connectivity index (χ1) is 26.5. The molecule has 0 N–H and O–H groups in total. The van der Waals surface area contributed by atoms with Gasteiger partial charge in [-0.3, -0.25) is 0 Å². The molecule has 0 radical (unpaired) electrons. The van der Waals surface area contributed by atoms with Gasteiger partial charge in [0.05, 0.1) is 0 Å². The molecule has 0 spiro atoms. The molecule has 256 valence electrons. The Morgan fingerprint density at radius 1 is 0.370 bits per heavy atom. The van der Waals surface area contributed by atoms with Crippen LogP contribution in [0.3, 0.4) is 0 Å². The Morgan fingerprint density at radius 2 is 0.833 bits per heavy atom. The highest BCUT2D eigenvalue weighted by molar-refractivity contribution is 7.26. The highest BCUT2D eigenvalue weighted by atomic mass is 32.1. The summed E-state index contributed by atoms with van der Waals surface area (Å²) in [6, 6.07) is 65.3. The molecule has 2 aromatic heterocycles. The number of rotatable bonds is 5. The quantitative estimate of drug-likeness (QED) is 0.171. The van der Waals surface area contributed by atoms with Crippen LogP contribution in [-0.4, -0.2) is 0 Å². The van der Waals surface area contributed by atoms with Gasteiger partial charge in [0.2, 0.25) is 0 Å². The maximum atomic E-state index is 2.49. The van der Waals surface area contributed by atoms with Gasteiger partial charge in [0.15, 0.2) is 0 Å². The number of thiophene rings is 2. The average Bonchev–Trinajstić information content (AvgIpc) is 3.86. The van der Waals surface area contributed by atoms with E-state index >= 15 is 0 Å². The number of benzene rings is 8. The molecule has 54 heavy (non-hydrogen) atoms. The van der Waals surface area contributed by atoms with Crippen molar-refractivity contribution in [2.24, 2.45) is 0 Å². The third-order valence-corrected chi connectivity index (χ3v) is 13.7. The van der Waals surface area contributed by atoms with Crippen LogP contribution in [0.1, 0.15) is 25.0 Å². The van der Waals surface area contributed by atoms with E-state index in [0.717, 1.165) is 11.4 Å². The molecule has 11 rings (SSSR count).